The summed E-state index contributed by atoms with van der Waals surface area (Å²) in [6.07, 6.45) is 6.54. The zero-order valence-electron chi connectivity index (χ0n) is 13.3. The number of H-pyrrole nitrogens is 2. The third kappa shape index (κ3) is 11.1. The molecular formula is C12H20N6O6Zn. The fourth-order valence-corrected chi connectivity index (χ4v) is 1.42. The van der Waals surface area contributed by atoms with E-state index in [4.69, 9.17) is 11.5 Å². The number of aromatic nitrogens is 4. The van der Waals surface area contributed by atoms with Crippen LogP contribution in [0.2, 0.25) is 0 Å². The Kier molecular flexibility index (Phi) is 15.7. The Bertz CT molecular complexity index is 527. The third-order valence-electron chi connectivity index (χ3n) is 2.57. The fraction of sp³-hybridized carbons (Fsp3) is 0.333. The van der Waals surface area contributed by atoms with Crippen LogP contribution >= 0.6 is 0 Å². The molecular weight excluding hydrogens is 390 g/mol. The first-order chi connectivity index (χ1) is 10.4. The summed E-state index contributed by atoms with van der Waals surface area (Å²) in [5.74, 6) is -2.51. The van der Waals surface area contributed by atoms with Gasteiger partial charge in [-0.3, -0.25) is 0 Å². The number of carbonyl (C=O) groups excluding carboxylic acids is 2. The van der Waals surface area contributed by atoms with E-state index in [0.717, 1.165) is 0 Å². The summed E-state index contributed by atoms with van der Waals surface area (Å²) in [7, 11) is 0. The Morgan fingerprint density at radius 1 is 0.920 bits per heavy atom. The van der Waals surface area contributed by atoms with Crippen LogP contribution in [0, 0.1) is 0 Å². The molecule has 0 saturated heterocycles. The third-order valence-corrected chi connectivity index (χ3v) is 2.57. The summed E-state index contributed by atoms with van der Waals surface area (Å²) in [6, 6.07) is -1.95. The number of aromatic amines is 2. The molecule has 12 nitrogen and oxygen atoms in total. The van der Waals surface area contributed by atoms with Crippen LogP contribution in [0.25, 0.3) is 0 Å². The Morgan fingerprint density at radius 2 is 1.24 bits per heavy atom. The number of imidazole rings is 2. The number of nitrogens with zero attached hydrogens (tertiary/aromatic N) is 2. The second-order valence-electron chi connectivity index (χ2n) is 4.38. The topological polar surface area (TPSA) is 253 Å². The van der Waals surface area contributed by atoms with Gasteiger partial charge in [-0.05, 0) is 0 Å². The molecule has 2 heterocycles. The molecule has 2 atom stereocenters. The van der Waals surface area contributed by atoms with Gasteiger partial charge in [-0.15, -0.1) is 0 Å². The Morgan fingerprint density at radius 3 is 1.44 bits per heavy atom. The maximum Gasteiger partial charge on any atom is 2.00 e. The van der Waals surface area contributed by atoms with E-state index in [9.17, 15) is 19.8 Å². The minimum Gasteiger partial charge on any atom is -0.548 e. The molecule has 0 aromatic carbocycles. The van der Waals surface area contributed by atoms with E-state index in [1.165, 1.54) is 12.7 Å². The number of carboxylic acid groups (broad SMARTS) is 2. The number of hydrogen-bond acceptors (Lipinski definition) is 8. The van der Waals surface area contributed by atoms with Gasteiger partial charge in [0.1, 0.15) is 0 Å². The van der Waals surface area contributed by atoms with Gasteiger partial charge in [-0.1, -0.05) is 0 Å². The molecule has 0 aliphatic carbocycles. The maximum absolute atomic E-state index is 10.2. The second-order valence-corrected chi connectivity index (χ2v) is 4.38. The molecule has 0 aliphatic heterocycles. The van der Waals surface area contributed by atoms with Crippen molar-refractivity contribution >= 4 is 11.9 Å². The van der Waals surface area contributed by atoms with E-state index in [-0.39, 0.29) is 43.3 Å². The van der Waals surface area contributed by atoms with Gasteiger partial charge in [0.15, 0.2) is 0 Å². The van der Waals surface area contributed by atoms with E-state index in [0.29, 0.717) is 11.4 Å². The molecule has 0 amide bonds. The number of hydrogen-bond donors (Lipinski definition) is 4. The molecule has 136 valence electrons. The van der Waals surface area contributed by atoms with Crippen molar-refractivity contribution in [1.29, 1.82) is 0 Å². The van der Waals surface area contributed by atoms with Crippen LogP contribution in [-0.2, 0) is 41.9 Å². The largest absolute Gasteiger partial charge is 2.00 e. The van der Waals surface area contributed by atoms with Crippen molar-refractivity contribution in [3.05, 3.63) is 36.4 Å². The van der Waals surface area contributed by atoms with E-state index in [1.807, 2.05) is 0 Å². The zero-order valence-corrected chi connectivity index (χ0v) is 16.2. The van der Waals surface area contributed by atoms with Crippen LogP contribution in [0.1, 0.15) is 11.4 Å². The molecule has 0 aliphatic rings. The number of nitrogens with one attached hydrogen (secondary N) is 2. The van der Waals surface area contributed by atoms with Gasteiger partial charge in [-0.2, -0.15) is 0 Å². The van der Waals surface area contributed by atoms with Crippen molar-refractivity contribution in [2.45, 2.75) is 24.9 Å². The first-order valence-corrected chi connectivity index (χ1v) is 6.28. The van der Waals surface area contributed by atoms with Gasteiger partial charge in [0.2, 0.25) is 0 Å². The molecule has 2 aromatic heterocycles. The van der Waals surface area contributed by atoms with Crippen molar-refractivity contribution in [3.63, 3.8) is 0 Å². The van der Waals surface area contributed by atoms with Crippen molar-refractivity contribution in [2.75, 3.05) is 0 Å². The van der Waals surface area contributed by atoms with E-state index in [2.05, 4.69) is 19.9 Å². The minimum atomic E-state index is -1.26. The molecule has 0 unspecified atom stereocenters. The number of nitrogens with two attached hydrogens (primary N) is 2. The molecule has 2 rings (SSSR count). The Hall–Kier alpha value is -2.18. The van der Waals surface area contributed by atoms with Crippen LogP contribution in [-0.4, -0.2) is 54.9 Å². The Labute approximate surface area is 155 Å². The average molecular weight is 410 g/mol. The van der Waals surface area contributed by atoms with Gasteiger partial charge in [0, 0.05) is 37.3 Å². The number of aliphatic carboxylic acids is 2. The SMILES string of the molecule is N[C@@H](Cc1c[nH]cn1)C(=O)[O-].N[C@@H](Cc1c[nH]cn1)C(=O)[O-].O.O.[Zn+2]. The summed E-state index contributed by atoms with van der Waals surface area (Å²) in [5.41, 5.74) is 11.6. The number of rotatable bonds is 6. The first-order valence-electron chi connectivity index (χ1n) is 6.28. The second kappa shape index (κ2) is 14.2. The summed E-state index contributed by atoms with van der Waals surface area (Å²) in [4.78, 5) is 33.3. The molecule has 25 heavy (non-hydrogen) atoms. The summed E-state index contributed by atoms with van der Waals surface area (Å²) < 4.78 is 0. The standard InChI is InChI=1S/2C6H9N3O2.2H2O.Zn/c2*7-5(6(10)11)1-4-2-8-3-9-4;;;/h2*2-3,5H,1,7H2,(H,8,9)(H,10,11);2*1H2;/q;;;;+2/p-2/t2*5-;;;/m00.../s1. The normalized spacial score (nSPS) is 11.3. The quantitative estimate of drug-likeness (QED) is 0.333. The van der Waals surface area contributed by atoms with Crippen molar-refractivity contribution in [3.8, 4) is 0 Å². The molecule has 0 saturated carbocycles. The minimum absolute atomic E-state index is 0. The van der Waals surface area contributed by atoms with Crippen LogP contribution < -0.4 is 21.7 Å². The van der Waals surface area contributed by atoms with Crippen molar-refractivity contribution in [2.24, 2.45) is 11.5 Å². The fourth-order valence-electron chi connectivity index (χ4n) is 1.42. The summed E-state index contributed by atoms with van der Waals surface area (Å²) >= 11 is 0. The molecule has 10 N–H and O–H groups in total. The van der Waals surface area contributed by atoms with Gasteiger partial charge < -0.3 is 52.2 Å². The monoisotopic (exact) mass is 408 g/mol. The van der Waals surface area contributed by atoms with E-state index >= 15 is 0 Å². The molecule has 0 radical (unpaired) electrons. The summed E-state index contributed by atoms with van der Waals surface area (Å²) in [5, 5.41) is 20.3. The van der Waals surface area contributed by atoms with E-state index in [1.54, 1.807) is 12.4 Å². The van der Waals surface area contributed by atoms with E-state index < -0.39 is 24.0 Å². The smallest absolute Gasteiger partial charge is 0.548 e. The first kappa shape index (κ1) is 27.7. The van der Waals surface area contributed by atoms with Gasteiger partial charge in [0.05, 0.1) is 36.0 Å². The predicted octanol–water partition coefficient (Wildman–Crippen LogP) is -5.59. The van der Waals surface area contributed by atoms with Crippen LogP contribution in [0.15, 0.2) is 25.0 Å². The number of carboxylic acids is 2. The predicted molar refractivity (Wildman–Crippen MR) is 77.8 cm³/mol. The molecule has 0 fully saturated rings. The molecule has 13 heteroatoms. The Balaban J connectivity index is -0.000000346. The van der Waals surface area contributed by atoms with Crippen LogP contribution in [0.5, 0.6) is 0 Å². The summed E-state index contributed by atoms with van der Waals surface area (Å²) in [6.45, 7) is 0. The van der Waals surface area contributed by atoms with Gasteiger partial charge in [-0.25, -0.2) is 9.97 Å². The van der Waals surface area contributed by atoms with Crippen LogP contribution in [0.3, 0.4) is 0 Å². The van der Waals surface area contributed by atoms with Gasteiger partial charge in [0.25, 0.3) is 0 Å². The van der Waals surface area contributed by atoms with Gasteiger partial charge >= 0.3 is 19.5 Å². The molecule has 2 aromatic rings. The number of carbonyl (C=O) groups is 2. The molecule has 0 spiro atoms. The van der Waals surface area contributed by atoms with Crippen molar-refractivity contribution < 1.29 is 50.2 Å². The van der Waals surface area contributed by atoms with Crippen LogP contribution in [0.4, 0.5) is 0 Å². The zero-order chi connectivity index (χ0) is 16.5. The maximum atomic E-state index is 10.2. The average Bonchev–Trinajstić information content (AvgIpc) is 3.12. The molecule has 0 bridgehead atoms. The van der Waals surface area contributed by atoms with Crippen molar-refractivity contribution in [1.82, 2.24) is 19.9 Å².